The van der Waals surface area contributed by atoms with Crippen LogP contribution in [0.1, 0.15) is 19.8 Å². The summed E-state index contributed by atoms with van der Waals surface area (Å²) in [5.74, 6) is -1.20. The number of carboxylic acid groups (broad SMARTS) is 1. The van der Waals surface area contributed by atoms with Crippen molar-refractivity contribution in [2.24, 2.45) is 0 Å². The van der Waals surface area contributed by atoms with Crippen molar-refractivity contribution in [2.45, 2.75) is 31.8 Å². The summed E-state index contributed by atoms with van der Waals surface area (Å²) in [7, 11) is 1.65. The molecule has 1 aliphatic rings. The topological polar surface area (TPSA) is 66.8 Å². The molecule has 0 bridgehead atoms. The maximum atomic E-state index is 11.4. The number of nitrogens with zero attached hydrogens (tertiary/aromatic N) is 1. The first-order valence-corrected chi connectivity index (χ1v) is 4.69. The van der Waals surface area contributed by atoms with E-state index in [2.05, 4.69) is 0 Å². The van der Waals surface area contributed by atoms with Crippen LogP contribution in [-0.4, -0.2) is 47.7 Å². The highest BCUT2D eigenvalue weighted by molar-refractivity contribution is 5.80. The third-order valence-electron chi connectivity index (χ3n) is 2.54. The Bertz CT molecular complexity index is 241. The maximum Gasteiger partial charge on any atom is 0.323 e. The minimum Gasteiger partial charge on any atom is -0.480 e. The van der Waals surface area contributed by atoms with Crippen LogP contribution in [0.5, 0.6) is 0 Å². The molecule has 5 heteroatoms. The van der Waals surface area contributed by atoms with Gasteiger partial charge in [0.15, 0.2) is 0 Å². The quantitative estimate of drug-likeness (QED) is 0.656. The third-order valence-corrected chi connectivity index (χ3v) is 2.54. The van der Waals surface area contributed by atoms with Crippen molar-refractivity contribution in [3.8, 4) is 0 Å². The maximum absolute atomic E-state index is 11.4. The summed E-state index contributed by atoms with van der Waals surface area (Å²) in [6.07, 6.45) is 1.07. The second kappa shape index (κ2) is 4.41. The molecule has 1 saturated heterocycles. The summed E-state index contributed by atoms with van der Waals surface area (Å²) in [5.41, 5.74) is 0. The van der Waals surface area contributed by atoms with Crippen LogP contribution < -0.4 is 0 Å². The molecule has 1 rings (SSSR count). The van der Waals surface area contributed by atoms with Crippen molar-refractivity contribution in [3.63, 3.8) is 0 Å². The van der Waals surface area contributed by atoms with E-state index in [1.807, 2.05) is 0 Å². The number of ether oxygens (including phenoxy) is 1. The molecule has 0 aromatic rings. The summed E-state index contributed by atoms with van der Waals surface area (Å²) in [6, 6.07) is -0.944. The molecule has 0 radical (unpaired) electrons. The van der Waals surface area contributed by atoms with E-state index in [4.69, 9.17) is 9.84 Å². The summed E-state index contributed by atoms with van der Waals surface area (Å²) < 4.78 is 4.85. The van der Waals surface area contributed by atoms with Gasteiger partial charge in [0, 0.05) is 0 Å². The van der Waals surface area contributed by atoms with Crippen LogP contribution >= 0.6 is 0 Å². The first-order chi connectivity index (χ1) is 6.57. The molecule has 0 aromatic carbocycles. The molecule has 1 aliphatic heterocycles. The summed E-state index contributed by atoms with van der Waals surface area (Å²) in [6.45, 7) is 2.07. The molecule has 1 fully saturated rings. The number of esters is 1. The van der Waals surface area contributed by atoms with Gasteiger partial charge in [-0.2, -0.15) is 0 Å². The summed E-state index contributed by atoms with van der Waals surface area (Å²) in [4.78, 5) is 23.7. The van der Waals surface area contributed by atoms with Crippen molar-refractivity contribution >= 4 is 11.9 Å². The van der Waals surface area contributed by atoms with E-state index in [0.29, 0.717) is 19.4 Å². The first kappa shape index (κ1) is 11.0. The molecule has 2 atom stereocenters. The van der Waals surface area contributed by atoms with Gasteiger partial charge < -0.3 is 9.84 Å². The zero-order valence-corrected chi connectivity index (χ0v) is 8.40. The van der Waals surface area contributed by atoms with Gasteiger partial charge >= 0.3 is 11.9 Å². The number of carbonyl (C=O) groups excluding carboxylic acids is 1. The lowest BCUT2D eigenvalue weighted by molar-refractivity contribution is -0.150. The SMILES string of the molecule is CCOC(=O)C1CCC(C(=O)O)N1C. The van der Waals surface area contributed by atoms with E-state index in [1.54, 1.807) is 18.9 Å². The van der Waals surface area contributed by atoms with Gasteiger partial charge in [-0.05, 0) is 26.8 Å². The van der Waals surface area contributed by atoms with Gasteiger partial charge in [0.25, 0.3) is 0 Å². The smallest absolute Gasteiger partial charge is 0.323 e. The molecule has 2 unspecified atom stereocenters. The minimum absolute atomic E-state index is 0.321. The standard InChI is InChI=1S/C9H15NO4/c1-3-14-9(13)7-5-4-6(8(11)12)10(7)2/h6-7H,3-5H2,1-2H3,(H,11,12). The Kier molecular flexibility index (Phi) is 3.46. The second-order valence-corrected chi connectivity index (χ2v) is 3.36. The summed E-state index contributed by atoms with van der Waals surface area (Å²) in [5, 5.41) is 8.82. The van der Waals surface area contributed by atoms with Crippen LogP contribution in [0.2, 0.25) is 0 Å². The number of likely N-dealkylation sites (N-methyl/N-ethyl adjacent to an activating group) is 1. The first-order valence-electron chi connectivity index (χ1n) is 4.69. The lowest BCUT2D eigenvalue weighted by atomic mass is 10.2. The van der Waals surface area contributed by atoms with Crippen LogP contribution in [0.15, 0.2) is 0 Å². The average Bonchev–Trinajstić information content (AvgIpc) is 2.47. The van der Waals surface area contributed by atoms with Crippen LogP contribution in [0, 0.1) is 0 Å². The van der Waals surface area contributed by atoms with Crippen molar-refractivity contribution in [1.29, 1.82) is 0 Å². The normalized spacial score (nSPS) is 27.6. The van der Waals surface area contributed by atoms with E-state index >= 15 is 0 Å². The van der Waals surface area contributed by atoms with Gasteiger partial charge in [0.05, 0.1) is 6.61 Å². The Morgan fingerprint density at radius 1 is 1.43 bits per heavy atom. The predicted molar refractivity (Wildman–Crippen MR) is 48.8 cm³/mol. The lowest BCUT2D eigenvalue weighted by Crippen LogP contribution is -2.41. The van der Waals surface area contributed by atoms with Crippen molar-refractivity contribution in [2.75, 3.05) is 13.7 Å². The number of hydrogen-bond acceptors (Lipinski definition) is 4. The molecule has 14 heavy (non-hydrogen) atoms. The Morgan fingerprint density at radius 3 is 2.43 bits per heavy atom. The lowest BCUT2D eigenvalue weighted by Gasteiger charge is -2.21. The van der Waals surface area contributed by atoms with Crippen LogP contribution in [0.4, 0.5) is 0 Å². The fraction of sp³-hybridized carbons (Fsp3) is 0.778. The van der Waals surface area contributed by atoms with E-state index < -0.39 is 18.1 Å². The van der Waals surface area contributed by atoms with Crippen LogP contribution in [-0.2, 0) is 14.3 Å². The molecular weight excluding hydrogens is 186 g/mol. The predicted octanol–water partition coefficient (Wildman–Crippen LogP) is 0.0969. The van der Waals surface area contributed by atoms with Crippen molar-refractivity contribution in [3.05, 3.63) is 0 Å². The van der Waals surface area contributed by atoms with Gasteiger partial charge in [-0.1, -0.05) is 0 Å². The molecule has 0 saturated carbocycles. The molecule has 0 aliphatic carbocycles. The molecule has 1 N–H and O–H groups in total. The van der Waals surface area contributed by atoms with E-state index in [-0.39, 0.29) is 5.97 Å². The Hall–Kier alpha value is -1.10. The number of hydrogen-bond donors (Lipinski definition) is 1. The molecule has 5 nitrogen and oxygen atoms in total. The minimum atomic E-state index is -0.876. The Morgan fingerprint density at radius 2 is 2.00 bits per heavy atom. The van der Waals surface area contributed by atoms with Crippen LogP contribution in [0.3, 0.4) is 0 Å². The number of carboxylic acids is 1. The van der Waals surface area contributed by atoms with Crippen molar-refractivity contribution in [1.82, 2.24) is 4.90 Å². The highest BCUT2D eigenvalue weighted by atomic mass is 16.5. The van der Waals surface area contributed by atoms with Gasteiger partial charge in [-0.15, -0.1) is 0 Å². The molecule has 0 amide bonds. The van der Waals surface area contributed by atoms with Gasteiger partial charge in [0.1, 0.15) is 12.1 Å². The molecule has 1 heterocycles. The van der Waals surface area contributed by atoms with Crippen molar-refractivity contribution < 1.29 is 19.4 Å². The van der Waals surface area contributed by atoms with Gasteiger partial charge in [-0.25, -0.2) is 0 Å². The monoisotopic (exact) mass is 201 g/mol. The fourth-order valence-electron chi connectivity index (χ4n) is 1.76. The highest BCUT2D eigenvalue weighted by Crippen LogP contribution is 2.23. The second-order valence-electron chi connectivity index (χ2n) is 3.36. The molecule has 0 aromatic heterocycles. The van der Waals surface area contributed by atoms with Gasteiger partial charge in [0.2, 0.25) is 0 Å². The Labute approximate surface area is 82.6 Å². The fourth-order valence-corrected chi connectivity index (χ4v) is 1.76. The van der Waals surface area contributed by atoms with E-state index in [0.717, 1.165) is 0 Å². The zero-order valence-electron chi connectivity index (χ0n) is 8.40. The molecular formula is C9H15NO4. The third kappa shape index (κ3) is 2.04. The van der Waals surface area contributed by atoms with E-state index in [1.165, 1.54) is 0 Å². The zero-order chi connectivity index (χ0) is 10.7. The molecule has 80 valence electrons. The number of likely N-dealkylation sites (tertiary alicyclic amines) is 1. The summed E-state index contributed by atoms with van der Waals surface area (Å²) >= 11 is 0. The highest BCUT2D eigenvalue weighted by Gasteiger charge is 2.39. The van der Waals surface area contributed by atoms with E-state index in [9.17, 15) is 9.59 Å². The number of carbonyl (C=O) groups is 2. The van der Waals surface area contributed by atoms with Crippen LogP contribution in [0.25, 0.3) is 0 Å². The number of aliphatic carboxylic acids is 1. The number of rotatable bonds is 3. The average molecular weight is 201 g/mol. The largest absolute Gasteiger partial charge is 0.480 e. The Balaban J connectivity index is 2.59. The van der Waals surface area contributed by atoms with Gasteiger partial charge in [-0.3, -0.25) is 14.5 Å². The molecule has 0 spiro atoms.